The fraction of sp³-hybridized carbons (Fsp3) is 0.0714. The van der Waals surface area contributed by atoms with Crippen LogP contribution in [-0.2, 0) is 0 Å². The first-order valence-corrected chi connectivity index (χ1v) is 7.15. The molecule has 0 saturated carbocycles. The van der Waals surface area contributed by atoms with Crippen molar-refractivity contribution in [1.82, 2.24) is 15.0 Å². The van der Waals surface area contributed by atoms with Crippen LogP contribution >= 0.6 is 11.8 Å². The van der Waals surface area contributed by atoms with Crippen LogP contribution in [0.4, 0.5) is 0 Å². The number of rotatable bonds is 3. The van der Waals surface area contributed by atoms with Crippen LogP contribution in [-0.4, -0.2) is 32.3 Å². The number of hydrogen-bond acceptors (Lipinski definition) is 4. The molecule has 0 atom stereocenters. The standard InChI is InChI=1S/C14H11N3O2S/c1-20-10-7-5-9(6-8-10)17-12-4-2-3-11(14(18)19)13(12)15-16-17/h2-8H,1H3,(H,18,19). The Morgan fingerprint density at radius 2 is 1.95 bits per heavy atom. The zero-order valence-electron chi connectivity index (χ0n) is 10.6. The lowest BCUT2D eigenvalue weighted by atomic mass is 10.2. The van der Waals surface area contributed by atoms with E-state index in [1.807, 2.05) is 36.6 Å². The fourth-order valence-electron chi connectivity index (χ4n) is 2.03. The number of carboxylic acid groups (broad SMARTS) is 1. The molecule has 2 aromatic carbocycles. The quantitative estimate of drug-likeness (QED) is 0.749. The van der Waals surface area contributed by atoms with Gasteiger partial charge >= 0.3 is 5.97 Å². The van der Waals surface area contributed by atoms with Gasteiger partial charge in [0, 0.05) is 4.90 Å². The molecule has 1 aromatic heterocycles. The predicted molar refractivity (Wildman–Crippen MR) is 77.6 cm³/mol. The van der Waals surface area contributed by atoms with Gasteiger partial charge in [0.25, 0.3) is 0 Å². The molecule has 0 spiro atoms. The zero-order valence-corrected chi connectivity index (χ0v) is 11.5. The minimum atomic E-state index is -1.000. The molecule has 0 aliphatic heterocycles. The van der Waals surface area contributed by atoms with Gasteiger partial charge in [0.15, 0.2) is 0 Å². The minimum Gasteiger partial charge on any atom is -0.478 e. The lowest BCUT2D eigenvalue weighted by molar-refractivity contribution is 0.0699. The van der Waals surface area contributed by atoms with Gasteiger partial charge in [0.2, 0.25) is 0 Å². The van der Waals surface area contributed by atoms with Crippen LogP contribution < -0.4 is 0 Å². The first-order valence-electron chi connectivity index (χ1n) is 5.93. The van der Waals surface area contributed by atoms with Gasteiger partial charge in [0.1, 0.15) is 5.52 Å². The third kappa shape index (κ3) is 2.04. The number of aromatic nitrogens is 3. The van der Waals surface area contributed by atoms with Gasteiger partial charge in [0.05, 0.1) is 16.8 Å². The summed E-state index contributed by atoms with van der Waals surface area (Å²) < 4.78 is 1.64. The second kappa shape index (κ2) is 4.97. The molecular weight excluding hydrogens is 274 g/mol. The Bertz CT molecular complexity index is 781. The van der Waals surface area contributed by atoms with Crippen LogP contribution in [0.5, 0.6) is 0 Å². The molecule has 100 valence electrons. The third-order valence-corrected chi connectivity index (χ3v) is 3.77. The Hall–Kier alpha value is -2.34. The summed E-state index contributed by atoms with van der Waals surface area (Å²) in [5.41, 5.74) is 2.10. The Morgan fingerprint density at radius 1 is 1.20 bits per heavy atom. The van der Waals surface area contributed by atoms with Crippen molar-refractivity contribution < 1.29 is 9.90 Å². The van der Waals surface area contributed by atoms with Crippen molar-refractivity contribution in [2.45, 2.75) is 4.90 Å². The van der Waals surface area contributed by atoms with Crippen LogP contribution in [0.2, 0.25) is 0 Å². The second-order valence-electron chi connectivity index (χ2n) is 4.18. The Balaban J connectivity index is 2.17. The normalized spacial score (nSPS) is 10.8. The van der Waals surface area contributed by atoms with E-state index in [1.165, 1.54) is 6.07 Å². The first kappa shape index (κ1) is 12.7. The summed E-state index contributed by atoms with van der Waals surface area (Å²) in [6.07, 6.45) is 2.01. The van der Waals surface area contributed by atoms with Gasteiger partial charge in [-0.3, -0.25) is 0 Å². The SMILES string of the molecule is CSc1ccc(-n2nnc3c(C(=O)O)cccc32)cc1. The molecule has 0 aliphatic carbocycles. The molecule has 3 rings (SSSR count). The fourth-order valence-corrected chi connectivity index (χ4v) is 2.44. The highest BCUT2D eigenvalue weighted by molar-refractivity contribution is 7.98. The maximum atomic E-state index is 11.2. The van der Waals surface area contributed by atoms with E-state index in [2.05, 4.69) is 10.3 Å². The summed E-state index contributed by atoms with van der Waals surface area (Å²) in [5, 5.41) is 17.2. The highest BCUT2D eigenvalue weighted by Crippen LogP contribution is 2.21. The van der Waals surface area contributed by atoms with Crippen LogP contribution in [0, 0.1) is 0 Å². The van der Waals surface area contributed by atoms with Gasteiger partial charge in [-0.15, -0.1) is 16.9 Å². The van der Waals surface area contributed by atoms with Crippen molar-refractivity contribution in [2.75, 3.05) is 6.26 Å². The number of carbonyl (C=O) groups is 1. The lowest BCUT2D eigenvalue weighted by Crippen LogP contribution is -1.98. The van der Waals surface area contributed by atoms with Crippen LogP contribution in [0.1, 0.15) is 10.4 Å². The maximum absolute atomic E-state index is 11.2. The summed E-state index contributed by atoms with van der Waals surface area (Å²) >= 11 is 1.66. The van der Waals surface area contributed by atoms with E-state index >= 15 is 0 Å². The summed E-state index contributed by atoms with van der Waals surface area (Å²) in [5.74, 6) is -1.000. The van der Waals surface area contributed by atoms with Gasteiger partial charge < -0.3 is 5.11 Å². The summed E-state index contributed by atoms with van der Waals surface area (Å²) in [6.45, 7) is 0. The number of hydrogen-bond donors (Lipinski definition) is 1. The number of benzene rings is 2. The Morgan fingerprint density at radius 3 is 2.60 bits per heavy atom. The molecule has 6 heteroatoms. The average Bonchev–Trinajstić information content (AvgIpc) is 2.91. The molecule has 0 aliphatic rings. The number of nitrogens with zero attached hydrogens (tertiary/aromatic N) is 3. The topological polar surface area (TPSA) is 68.0 Å². The molecule has 5 nitrogen and oxygen atoms in total. The van der Waals surface area contributed by atoms with Gasteiger partial charge in [-0.05, 0) is 42.7 Å². The molecule has 0 saturated heterocycles. The summed E-state index contributed by atoms with van der Waals surface area (Å²) in [7, 11) is 0. The van der Waals surface area contributed by atoms with Crippen molar-refractivity contribution in [3.8, 4) is 5.69 Å². The molecule has 1 heterocycles. The van der Waals surface area contributed by atoms with Gasteiger partial charge in [-0.25, -0.2) is 9.48 Å². The van der Waals surface area contributed by atoms with E-state index in [4.69, 9.17) is 5.11 Å². The molecule has 0 fully saturated rings. The monoisotopic (exact) mass is 285 g/mol. The number of thioether (sulfide) groups is 1. The van der Waals surface area contributed by atoms with E-state index in [0.717, 1.165) is 10.6 Å². The van der Waals surface area contributed by atoms with Gasteiger partial charge in [-0.1, -0.05) is 11.3 Å². The largest absolute Gasteiger partial charge is 0.478 e. The molecule has 3 aromatic rings. The van der Waals surface area contributed by atoms with Crippen molar-refractivity contribution in [1.29, 1.82) is 0 Å². The van der Waals surface area contributed by atoms with E-state index < -0.39 is 5.97 Å². The number of fused-ring (bicyclic) bond motifs is 1. The lowest BCUT2D eigenvalue weighted by Gasteiger charge is -2.03. The molecule has 20 heavy (non-hydrogen) atoms. The van der Waals surface area contributed by atoms with Crippen molar-refractivity contribution in [3.05, 3.63) is 48.0 Å². The number of carboxylic acids is 1. The zero-order chi connectivity index (χ0) is 14.1. The molecule has 0 unspecified atom stereocenters. The van der Waals surface area contributed by atoms with Crippen molar-refractivity contribution >= 4 is 28.8 Å². The second-order valence-corrected chi connectivity index (χ2v) is 5.06. The number of aromatic carboxylic acids is 1. The molecule has 0 bridgehead atoms. The average molecular weight is 285 g/mol. The highest BCUT2D eigenvalue weighted by Gasteiger charge is 2.14. The molecule has 0 radical (unpaired) electrons. The maximum Gasteiger partial charge on any atom is 0.338 e. The Kier molecular flexibility index (Phi) is 3.15. The predicted octanol–water partition coefficient (Wildman–Crippen LogP) is 2.84. The van der Waals surface area contributed by atoms with Crippen molar-refractivity contribution in [3.63, 3.8) is 0 Å². The van der Waals surface area contributed by atoms with Crippen LogP contribution in [0.3, 0.4) is 0 Å². The van der Waals surface area contributed by atoms with E-state index in [9.17, 15) is 4.79 Å². The summed E-state index contributed by atoms with van der Waals surface area (Å²) in [4.78, 5) is 12.3. The summed E-state index contributed by atoms with van der Waals surface area (Å²) in [6, 6.07) is 12.9. The molecule has 1 N–H and O–H groups in total. The van der Waals surface area contributed by atoms with Crippen molar-refractivity contribution in [2.24, 2.45) is 0 Å². The van der Waals surface area contributed by atoms with E-state index in [1.54, 1.807) is 22.5 Å². The van der Waals surface area contributed by atoms with Crippen LogP contribution in [0.25, 0.3) is 16.7 Å². The third-order valence-electron chi connectivity index (χ3n) is 3.02. The minimum absolute atomic E-state index is 0.162. The van der Waals surface area contributed by atoms with Crippen LogP contribution in [0.15, 0.2) is 47.4 Å². The van der Waals surface area contributed by atoms with Gasteiger partial charge in [-0.2, -0.15) is 0 Å². The molecule has 0 amide bonds. The Labute approximate surface area is 119 Å². The molecular formula is C14H11N3O2S. The first-order chi connectivity index (χ1) is 9.70. The van der Waals surface area contributed by atoms with E-state index in [-0.39, 0.29) is 5.56 Å². The highest BCUT2D eigenvalue weighted by atomic mass is 32.2. The van der Waals surface area contributed by atoms with E-state index in [0.29, 0.717) is 11.0 Å². The smallest absolute Gasteiger partial charge is 0.338 e.